The standard InChI is InChI=1S/C20H19N3O3/c1-2-17(26-18-8-4-3-7-15(18)20(21)24)16-13-14(10-12-22-16)25-19-9-5-6-11-23-19/h3-13,17H,2H2,1H3,(H2,21,24). The monoisotopic (exact) mass is 349 g/mol. The molecule has 132 valence electrons. The summed E-state index contributed by atoms with van der Waals surface area (Å²) in [7, 11) is 0. The van der Waals surface area contributed by atoms with Gasteiger partial charge >= 0.3 is 0 Å². The van der Waals surface area contributed by atoms with Gasteiger partial charge in [0.15, 0.2) is 0 Å². The van der Waals surface area contributed by atoms with E-state index >= 15 is 0 Å². The Bertz CT molecular complexity index is 884. The highest BCUT2D eigenvalue weighted by Gasteiger charge is 2.17. The molecule has 0 saturated heterocycles. The molecule has 0 radical (unpaired) electrons. The number of pyridine rings is 2. The molecule has 0 aliphatic carbocycles. The highest BCUT2D eigenvalue weighted by molar-refractivity contribution is 5.95. The van der Waals surface area contributed by atoms with Crippen LogP contribution in [0.15, 0.2) is 67.0 Å². The van der Waals surface area contributed by atoms with Gasteiger partial charge in [0.1, 0.15) is 17.6 Å². The van der Waals surface area contributed by atoms with Crippen molar-refractivity contribution in [2.24, 2.45) is 5.73 Å². The van der Waals surface area contributed by atoms with Crippen molar-refractivity contribution in [2.45, 2.75) is 19.4 Å². The number of primary amides is 1. The highest BCUT2D eigenvalue weighted by Crippen LogP contribution is 2.29. The Morgan fingerprint density at radius 1 is 1.08 bits per heavy atom. The Morgan fingerprint density at radius 3 is 2.62 bits per heavy atom. The number of hydrogen-bond donors (Lipinski definition) is 1. The zero-order chi connectivity index (χ0) is 18.4. The predicted molar refractivity (Wildman–Crippen MR) is 97.2 cm³/mol. The number of amides is 1. The van der Waals surface area contributed by atoms with Crippen molar-refractivity contribution < 1.29 is 14.3 Å². The fourth-order valence-electron chi connectivity index (χ4n) is 2.47. The van der Waals surface area contributed by atoms with Crippen LogP contribution in [0.2, 0.25) is 0 Å². The molecule has 1 aromatic carbocycles. The lowest BCUT2D eigenvalue weighted by atomic mass is 10.1. The second kappa shape index (κ2) is 8.11. The van der Waals surface area contributed by atoms with E-state index in [0.29, 0.717) is 35.1 Å². The average molecular weight is 349 g/mol. The van der Waals surface area contributed by atoms with Gasteiger partial charge < -0.3 is 15.2 Å². The molecule has 0 aliphatic heterocycles. The maximum absolute atomic E-state index is 11.6. The van der Waals surface area contributed by atoms with E-state index in [1.54, 1.807) is 54.9 Å². The van der Waals surface area contributed by atoms with Crippen LogP contribution in [0.5, 0.6) is 17.4 Å². The molecular weight excluding hydrogens is 330 g/mol. The second-order valence-electron chi connectivity index (χ2n) is 5.56. The topological polar surface area (TPSA) is 87.3 Å². The van der Waals surface area contributed by atoms with Crippen molar-refractivity contribution >= 4 is 5.91 Å². The maximum Gasteiger partial charge on any atom is 0.252 e. The molecule has 1 atom stereocenters. The zero-order valence-electron chi connectivity index (χ0n) is 14.3. The first-order chi connectivity index (χ1) is 12.7. The van der Waals surface area contributed by atoms with E-state index in [0.717, 1.165) is 0 Å². The van der Waals surface area contributed by atoms with Gasteiger partial charge in [-0.15, -0.1) is 0 Å². The molecule has 0 aliphatic rings. The number of nitrogens with zero attached hydrogens (tertiary/aromatic N) is 2. The van der Waals surface area contributed by atoms with Gasteiger partial charge in [-0.25, -0.2) is 4.98 Å². The quantitative estimate of drug-likeness (QED) is 0.699. The molecule has 1 amide bonds. The number of nitrogens with two attached hydrogens (primary N) is 1. The van der Waals surface area contributed by atoms with Crippen molar-refractivity contribution in [2.75, 3.05) is 0 Å². The first-order valence-electron chi connectivity index (χ1n) is 8.27. The van der Waals surface area contributed by atoms with E-state index in [2.05, 4.69) is 9.97 Å². The summed E-state index contributed by atoms with van der Waals surface area (Å²) >= 11 is 0. The third kappa shape index (κ3) is 4.16. The summed E-state index contributed by atoms with van der Waals surface area (Å²) in [5.74, 6) is 1.01. The normalized spacial score (nSPS) is 11.6. The number of carbonyl (C=O) groups is 1. The van der Waals surface area contributed by atoms with E-state index in [1.165, 1.54) is 0 Å². The van der Waals surface area contributed by atoms with Crippen LogP contribution >= 0.6 is 0 Å². The summed E-state index contributed by atoms with van der Waals surface area (Å²) < 4.78 is 11.8. The van der Waals surface area contributed by atoms with Crippen molar-refractivity contribution in [1.82, 2.24) is 9.97 Å². The van der Waals surface area contributed by atoms with Crippen LogP contribution < -0.4 is 15.2 Å². The molecule has 2 aromatic heterocycles. The number of aromatic nitrogens is 2. The SMILES string of the molecule is CCC(Oc1ccccc1C(N)=O)c1cc(Oc2ccccn2)ccn1. The van der Waals surface area contributed by atoms with Gasteiger partial charge in [0.25, 0.3) is 5.91 Å². The molecule has 0 saturated carbocycles. The largest absolute Gasteiger partial charge is 0.483 e. The molecule has 26 heavy (non-hydrogen) atoms. The number of rotatable bonds is 7. The van der Waals surface area contributed by atoms with Crippen LogP contribution in [-0.2, 0) is 0 Å². The number of hydrogen-bond acceptors (Lipinski definition) is 5. The molecule has 2 heterocycles. The molecule has 3 aromatic rings. The van der Waals surface area contributed by atoms with E-state index in [9.17, 15) is 4.79 Å². The predicted octanol–water partition coefficient (Wildman–Crippen LogP) is 3.90. The molecule has 3 rings (SSSR count). The molecule has 2 N–H and O–H groups in total. The average Bonchev–Trinajstić information content (AvgIpc) is 2.67. The lowest BCUT2D eigenvalue weighted by molar-refractivity contribution is 0.0992. The third-order valence-corrected chi connectivity index (χ3v) is 3.74. The van der Waals surface area contributed by atoms with Gasteiger partial charge in [-0.3, -0.25) is 9.78 Å². The van der Waals surface area contributed by atoms with Crippen LogP contribution in [0.4, 0.5) is 0 Å². The summed E-state index contributed by atoms with van der Waals surface area (Å²) in [6.07, 6.45) is 3.63. The van der Waals surface area contributed by atoms with Crippen LogP contribution in [0.1, 0.15) is 35.5 Å². The molecule has 6 heteroatoms. The number of benzene rings is 1. The second-order valence-corrected chi connectivity index (χ2v) is 5.56. The van der Waals surface area contributed by atoms with Crippen LogP contribution in [0.25, 0.3) is 0 Å². The van der Waals surface area contributed by atoms with E-state index in [4.69, 9.17) is 15.2 Å². The highest BCUT2D eigenvalue weighted by atomic mass is 16.5. The minimum Gasteiger partial charge on any atom is -0.483 e. The number of carbonyl (C=O) groups excluding carboxylic acids is 1. The van der Waals surface area contributed by atoms with Gasteiger partial charge in [0.05, 0.1) is 11.3 Å². The van der Waals surface area contributed by atoms with Crippen molar-refractivity contribution in [3.63, 3.8) is 0 Å². The van der Waals surface area contributed by atoms with E-state index in [-0.39, 0.29) is 6.10 Å². The van der Waals surface area contributed by atoms with Crippen molar-refractivity contribution in [3.05, 3.63) is 78.2 Å². The van der Waals surface area contributed by atoms with Crippen molar-refractivity contribution in [1.29, 1.82) is 0 Å². The summed E-state index contributed by atoms with van der Waals surface area (Å²) in [6.45, 7) is 1.98. The summed E-state index contributed by atoms with van der Waals surface area (Å²) in [6, 6.07) is 15.9. The maximum atomic E-state index is 11.6. The van der Waals surface area contributed by atoms with Gasteiger partial charge in [-0.2, -0.15) is 0 Å². The molecule has 6 nitrogen and oxygen atoms in total. The fourth-order valence-corrected chi connectivity index (χ4v) is 2.47. The van der Waals surface area contributed by atoms with Crippen molar-refractivity contribution in [3.8, 4) is 17.4 Å². The molecule has 0 fully saturated rings. The summed E-state index contributed by atoms with van der Waals surface area (Å²) in [5, 5.41) is 0. The Balaban J connectivity index is 1.83. The van der Waals surface area contributed by atoms with Crippen LogP contribution in [0, 0.1) is 0 Å². The summed E-state index contributed by atoms with van der Waals surface area (Å²) in [5.41, 5.74) is 6.45. The first kappa shape index (κ1) is 17.4. The number of para-hydroxylation sites is 1. The molecule has 0 bridgehead atoms. The summed E-state index contributed by atoms with van der Waals surface area (Å²) in [4.78, 5) is 20.1. The van der Waals surface area contributed by atoms with Gasteiger partial charge in [0.2, 0.25) is 5.88 Å². The molecular formula is C20H19N3O3. The minimum absolute atomic E-state index is 0.340. The van der Waals surface area contributed by atoms with E-state index < -0.39 is 5.91 Å². The molecule has 1 unspecified atom stereocenters. The Hall–Kier alpha value is -3.41. The van der Waals surface area contributed by atoms with E-state index in [1.807, 2.05) is 19.1 Å². The Morgan fingerprint density at radius 2 is 1.88 bits per heavy atom. The first-order valence-corrected chi connectivity index (χ1v) is 8.27. The lowest BCUT2D eigenvalue weighted by Crippen LogP contribution is -2.15. The smallest absolute Gasteiger partial charge is 0.252 e. The fraction of sp³-hybridized carbons (Fsp3) is 0.150. The van der Waals surface area contributed by atoms with Gasteiger partial charge in [-0.05, 0) is 30.7 Å². The van der Waals surface area contributed by atoms with Gasteiger partial charge in [0, 0.05) is 24.5 Å². The molecule has 0 spiro atoms. The number of ether oxygens (including phenoxy) is 2. The van der Waals surface area contributed by atoms with Crippen LogP contribution in [-0.4, -0.2) is 15.9 Å². The third-order valence-electron chi connectivity index (χ3n) is 3.74. The van der Waals surface area contributed by atoms with Gasteiger partial charge in [-0.1, -0.05) is 25.1 Å². The zero-order valence-corrected chi connectivity index (χ0v) is 14.3. The Labute approximate surface area is 151 Å². The minimum atomic E-state index is -0.532. The lowest BCUT2D eigenvalue weighted by Gasteiger charge is -2.19. The van der Waals surface area contributed by atoms with Crippen LogP contribution in [0.3, 0.4) is 0 Å². The Kier molecular flexibility index (Phi) is 5.43.